The van der Waals surface area contributed by atoms with Gasteiger partial charge in [0.05, 0.1) is 22.8 Å². The molecule has 0 radical (unpaired) electrons. The Morgan fingerprint density at radius 1 is 1.43 bits per heavy atom. The maximum absolute atomic E-state index is 12.3. The second-order valence-corrected chi connectivity index (χ2v) is 5.84. The molecule has 1 fully saturated rings. The summed E-state index contributed by atoms with van der Waals surface area (Å²) in [6, 6.07) is 5.99. The zero-order valence-electron chi connectivity index (χ0n) is 11.0. The van der Waals surface area contributed by atoms with Crippen molar-refractivity contribution in [2.45, 2.75) is 6.04 Å². The fourth-order valence-electron chi connectivity index (χ4n) is 2.35. The van der Waals surface area contributed by atoms with Crippen LogP contribution in [0.15, 0.2) is 36.0 Å². The molecule has 0 saturated carbocycles. The van der Waals surface area contributed by atoms with Gasteiger partial charge in [-0.1, -0.05) is 11.3 Å². The molecule has 3 aromatic heterocycles. The summed E-state index contributed by atoms with van der Waals surface area (Å²) in [6.45, 7) is 1.28. The quantitative estimate of drug-likeness (QED) is 0.793. The fraction of sp³-hybridized carbons (Fsp3) is 0.231. The second-order valence-electron chi connectivity index (χ2n) is 4.89. The smallest absolute Gasteiger partial charge is 0.274 e. The number of aromatic nitrogens is 5. The fourth-order valence-corrected chi connectivity index (χ4v) is 3.04. The number of aromatic amines is 1. The topological polar surface area (TPSA) is 79.7 Å². The molecule has 0 unspecified atom stereocenters. The molecule has 8 heteroatoms. The highest BCUT2D eigenvalue weighted by Crippen LogP contribution is 2.25. The largest absolute Gasteiger partial charge is 0.333 e. The molecule has 1 saturated heterocycles. The number of nitrogens with zero attached hydrogens (tertiary/aromatic N) is 5. The Morgan fingerprint density at radius 2 is 2.33 bits per heavy atom. The number of hydrogen-bond acceptors (Lipinski definition) is 5. The SMILES string of the molecule is O=C(c1cc(-c2cccs2)[nH]n1)N1CC(n2ccnn2)C1. The Balaban J connectivity index is 1.45. The molecule has 4 rings (SSSR count). The van der Waals surface area contributed by atoms with Gasteiger partial charge in [0.25, 0.3) is 5.91 Å². The number of carbonyl (C=O) groups is 1. The molecule has 0 atom stereocenters. The third kappa shape index (κ3) is 2.13. The lowest BCUT2D eigenvalue weighted by Gasteiger charge is -2.38. The molecule has 0 spiro atoms. The number of nitrogens with one attached hydrogen (secondary N) is 1. The lowest BCUT2D eigenvalue weighted by molar-refractivity contribution is 0.0492. The van der Waals surface area contributed by atoms with Gasteiger partial charge in [0.15, 0.2) is 5.69 Å². The summed E-state index contributed by atoms with van der Waals surface area (Å²) in [4.78, 5) is 15.2. The summed E-state index contributed by atoms with van der Waals surface area (Å²) in [7, 11) is 0. The van der Waals surface area contributed by atoms with Gasteiger partial charge in [0.2, 0.25) is 0 Å². The molecule has 4 heterocycles. The Kier molecular flexibility index (Phi) is 2.81. The highest BCUT2D eigenvalue weighted by atomic mass is 32.1. The van der Waals surface area contributed by atoms with Crippen molar-refractivity contribution in [2.75, 3.05) is 13.1 Å². The predicted molar refractivity (Wildman–Crippen MR) is 76.9 cm³/mol. The zero-order valence-corrected chi connectivity index (χ0v) is 11.8. The molecule has 7 nitrogen and oxygen atoms in total. The molecule has 1 aliphatic heterocycles. The predicted octanol–water partition coefficient (Wildman–Crippen LogP) is 1.43. The van der Waals surface area contributed by atoms with Crippen LogP contribution in [0.5, 0.6) is 0 Å². The molecule has 0 aliphatic carbocycles. The van der Waals surface area contributed by atoms with Crippen molar-refractivity contribution in [1.29, 1.82) is 0 Å². The van der Waals surface area contributed by atoms with Crippen molar-refractivity contribution in [3.05, 3.63) is 41.7 Å². The first kappa shape index (κ1) is 12.3. The van der Waals surface area contributed by atoms with Crippen molar-refractivity contribution in [3.8, 4) is 10.6 Å². The number of likely N-dealkylation sites (tertiary alicyclic amines) is 1. The van der Waals surface area contributed by atoms with Crippen LogP contribution >= 0.6 is 11.3 Å². The number of hydrogen-bond donors (Lipinski definition) is 1. The van der Waals surface area contributed by atoms with Gasteiger partial charge in [0.1, 0.15) is 0 Å². The average molecular weight is 300 g/mol. The van der Waals surface area contributed by atoms with E-state index in [0.29, 0.717) is 18.8 Å². The van der Waals surface area contributed by atoms with E-state index in [4.69, 9.17) is 0 Å². The molecule has 3 aromatic rings. The minimum absolute atomic E-state index is 0.0505. The summed E-state index contributed by atoms with van der Waals surface area (Å²) >= 11 is 1.61. The van der Waals surface area contributed by atoms with Gasteiger partial charge < -0.3 is 4.90 Å². The van der Waals surface area contributed by atoms with Crippen LogP contribution in [0.4, 0.5) is 0 Å². The third-order valence-corrected chi connectivity index (χ3v) is 4.45. The van der Waals surface area contributed by atoms with Gasteiger partial charge in [-0.25, -0.2) is 4.68 Å². The van der Waals surface area contributed by atoms with Gasteiger partial charge in [0, 0.05) is 19.3 Å². The lowest BCUT2D eigenvalue weighted by atomic mass is 10.1. The van der Waals surface area contributed by atoms with Gasteiger partial charge in [-0.05, 0) is 17.5 Å². The van der Waals surface area contributed by atoms with Gasteiger partial charge in [-0.3, -0.25) is 9.89 Å². The molecular formula is C13H12N6OS. The van der Waals surface area contributed by atoms with Crippen LogP contribution in [-0.4, -0.2) is 49.1 Å². The van der Waals surface area contributed by atoms with E-state index in [1.165, 1.54) is 0 Å². The summed E-state index contributed by atoms with van der Waals surface area (Å²) < 4.78 is 1.78. The van der Waals surface area contributed by atoms with E-state index in [2.05, 4.69) is 20.5 Å². The average Bonchev–Trinajstić information content (AvgIpc) is 3.18. The summed E-state index contributed by atoms with van der Waals surface area (Å²) in [6.07, 6.45) is 3.46. The summed E-state index contributed by atoms with van der Waals surface area (Å²) in [5.74, 6) is -0.0505. The molecule has 0 bridgehead atoms. The van der Waals surface area contributed by atoms with Crippen molar-refractivity contribution < 1.29 is 4.79 Å². The van der Waals surface area contributed by atoms with E-state index < -0.39 is 0 Å². The number of rotatable bonds is 3. The van der Waals surface area contributed by atoms with E-state index in [1.54, 1.807) is 33.2 Å². The number of carbonyl (C=O) groups excluding carboxylic acids is 1. The molecule has 0 aromatic carbocycles. The molecular weight excluding hydrogens is 288 g/mol. The van der Waals surface area contributed by atoms with Gasteiger partial charge >= 0.3 is 0 Å². The van der Waals surface area contributed by atoms with E-state index >= 15 is 0 Å². The van der Waals surface area contributed by atoms with Gasteiger partial charge in [-0.2, -0.15) is 5.10 Å². The first-order valence-electron chi connectivity index (χ1n) is 6.55. The monoisotopic (exact) mass is 300 g/mol. The molecule has 1 aliphatic rings. The van der Waals surface area contributed by atoms with E-state index in [1.807, 2.05) is 23.7 Å². The van der Waals surface area contributed by atoms with Crippen LogP contribution < -0.4 is 0 Å². The van der Waals surface area contributed by atoms with Crippen LogP contribution in [0.1, 0.15) is 16.5 Å². The molecule has 1 amide bonds. The van der Waals surface area contributed by atoms with E-state index in [9.17, 15) is 4.79 Å². The highest BCUT2D eigenvalue weighted by Gasteiger charge is 2.33. The minimum Gasteiger partial charge on any atom is -0.333 e. The molecule has 21 heavy (non-hydrogen) atoms. The van der Waals surface area contributed by atoms with Crippen molar-refractivity contribution in [1.82, 2.24) is 30.1 Å². The highest BCUT2D eigenvalue weighted by molar-refractivity contribution is 7.13. The van der Waals surface area contributed by atoms with Gasteiger partial charge in [-0.15, -0.1) is 16.4 Å². The van der Waals surface area contributed by atoms with Crippen molar-refractivity contribution in [2.24, 2.45) is 0 Å². The second kappa shape index (κ2) is 4.81. The Labute approximate surface area is 124 Å². The first-order chi connectivity index (χ1) is 10.3. The summed E-state index contributed by atoms with van der Waals surface area (Å²) in [5.41, 5.74) is 1.33. The number of H-pyrrole nitrogens is 1. The van der Waals surface area contributed by atoms with Crippen LogP contribution in [0.2, 0.25) is 0 Å². The van der Waals surface area contributed by atoms with Crippen molar-refractivity contribution >= 4 is 17.2 Å². The number of amides is 1. The summed E-state index contributed by atoms with van der Waals surface area (Å²) in [5, 5.41) is 16.8. The Morgan fingerprint density at radius 3 is 3.05 bits per heavy atom. The van der Waals surface area contributed by atoms with E-state index in [0.717, 1.165) is 10.6 Å². The first-order valence-corrected chi connectivity index (χ1v) is 7.43. The third-order valence-electron chi connectivity index (χ3n) is 3.55. The maximum atomic E-state index is 12.3. The Bertz CT molecular complexity index is 742. The van der Waals surface area contributed by atoms with Crippen LogP contribution in [0, 0.1) is 0 Å². The van der Waals surface area contributed by atoms with Crippen LogP contribution in [0.25, 0.3) is 10.6 Å². The van der Waals surface area contributed by atoms with Crippen molar-refractivity contribution in [3.63, 3.8) is 0 Å². The minimum atomic E-state index is -0.0505. The van der Waals surface area contributed by atoms with Crippen LogP contribution in [-0.2, 0) is 0 Å². The standard InChI is InChI=1S/C13H12N6OS/c20-13(18-7-9(8-18)19-4-3-14-17-19)11-6-10(15-16-11)12-2-1-5-21-12/h1-6,9H,7-8H2,(H,15,16). The number of thiophene rings is 1. The lowest BCUT2D eigenvalue weighted by Crippen LogP contribution is -2.51. The molecule has 106 valence electrons. The zero-order chi connectivity index (χ0) is 14.2. The molecule has 1 N–H and O–H groups in total. The maximum Gasteiger partial charge on any atom is 0.274 e. The van der Waals surface area contributed by atoms with Crippen LogP contribution in [0.3, 0.4) is 0 Å². The Hall–Kier alpha value is -2.48. The van der Waals surface area contributed by atoms with E-state index in [-0.39, 0.29) is 11.9 Å². The normalized spacial score (nSPS) is 15.1.